The minimum atomic E-state index is -0.969. The van der Waals surface area contributed by atoms with Crippen molar-refractivity contribution < 1.29 is 19.4 Å². The lowest BCUT2D eigenvalue weighted by atomic mass is 10.3. The van der Waals surface area contributed by atoms with Crippen molar-refractivity contribution >= 4 is 5.97 Å². The Bertz CT molecular complexity index is 552. The molecular formula is C13H12N2O4. The van der Waals surface area contributed by atoms with Crippen molar-refractivity contribution in [2.75, 3.05) is 7.11 Å². The molecule has 0 bridgehead atoms. The Labute approximate surface area is 109 Å². The number of hydrogen-bond donors (Lipinski definition) is 1. The van der Waals surface area contributed by atoms with Gasteiger partial charge in [-0.2, -0.15) is 0 Å². The predicted octanol–water partition coefficient (Wildman–Crippen LogP) is 1.90. The SMILES string of the molecule is COc1ccc(Oc2cnc(CC(=O)O)nc2)cc1. The normalized spacial score (nSPS) is 9.95. The topological polar surface area (TPSA) is 81.5 Å². The van der Waals surface area contributed by atoms with Crippen LogP contribution in [0, 0.1) is 0 Å². The van der Waals surface area contributed by atoms with E-state index in [1.807, 2.05) is 0 Å². The van der Waals surface area contributed by atoms with E-state index in [1.165, 1.54) is 12.4 Å². The van der Waals surface area contributed by atoms with Gasteiger partial charge in [-0.1, -0.05) is 0 Å². The van der Waals surface area contributed by atoms with Crippen molar-refractivity contribution in [1.29, 1.82) is 0 Å². The second-order valence-corrected chi connectivity index (χ2v) is 3.68. The fourth-order valence-electron chi connectivity index (χ4n) is 1.40. The molecule has 0 radical (unpaired) electrons. The molecule has 6 nitrogen and oxygen atoms in total. The van der Waals surface area contributed by atoms with Gasteiger partial charge in [0.1, 0.15) is 23.7 Å². The van der Waals surface area contributed by atoms with Gasteiger partial charge in [0.15, 0.2) is 5.75 Å². The van der Waals surface area contributed by atoms with Gasteiger partial charge in [0.05, 0.1) is 19.5 Å². The Hall–Kier alpha value is -2.63. The highest BCUT2D eigenvalue weighted by Gasteiger charge is 2.04. The van der Waals surface area contributed by atoms with Gasteiger partial charge in [-0.3, -0.25) is 4.79 Å². The Kier molecular flexibility index (Phi) is 3.92. The summed E-state index contributed by atoms with van der Waals surface area (Å²) >= 11 is 0. The molecule has 1 heterocycles. The molecule has 0 saturated carbocycles. The summed E-state index contributed by atoms with van der Waals surface area (Å²) in [5.74, 6) is 1.08. The molecule has 0 fully saturated rings. The third kappa shape index (κ3) is 3.67. The van der Waals surface area contributed by atoms with Crippen LogP contribution in [0.2, 0.25) is 0 Å². The van der Waals surface area contributed by atoms with E-state index in [9.17, 15) is 4.79 Å². The Morgan fingerprint density at radius 2 is 1.68 bits per heavy atom. The molecular weight excluding hydrogens is 248 g/mol. The lowest BCUT2D eigenvalue weighted by Crippen LogP contribution is -2.04. The maximum Gasteiger partial charge on any atom is 0.311 e. The van der Waals surface area contributed by atoms with E-state index in [0.717, 1.165) is 5.75 Å². The summed E-state index contributed by atoms with van der Waals surface area (Å²) in [6.07, 6.45) is 2.67. The van der Waals surface area contributed by atoms with Crippen LogP contribution >= 0.6 is 0 Å². The quantitative estimate of drug-likeness (QED) is 0.884. The first-order valence-corrected chi connectivity index (χ1v) is 5.52. The van der Waals surface area contributed by atoms with Gasteiger partial charge in [-0.05, 0) is 24.3 Å². The summed E-state index contributed by atoms with van der Waals surface area (Å²) in [5, 5.41) is 8.60. The van der Waals surface area contributed by atoms with Gasteiger partial charge < -0.3 is 14.6 Å². The fraction of sp³-hybridized carbons (Fsp3) is 0.154. The van der Waals surface area contributed by atoms with E-state index in [1.54, 1.807) is 31.4 Å². The molecule has 0 aliphatic rings. The number of carbonyl (C=O) groups is 1. The number of ether oxygens (including phenoxy) is 2. The van der Waals surface area contributed by atoms with Crippen LogP contribution in [0.4, 0.5) is 0 Å². The highest BCUT2D eigenvalue weighted by molar-refractivity contribution is 5.68. The van der Waals surface area contributed by atoms with Crippen molar-refractivity contribution in [3.8, 4) is 17.2 Å². The molecule has 0 amide bonds. The highest BCUT2D eigenvalue weighted by Crippen LogP contribution is 2.22. The summed E-state index contributed by atoms with van der Waals surface area (Å²) in [7, 11) is 1.59. The lowest BCUT2D eigenvalue weighted by molar-refractivity contribution is -0.136. The first-order chi connectivity index (χ1) is 9.17. The van der Waals surface area contributed by atoms with Crippen LogP contribution in [-0.4, -0.2) is 28.2 Å². The molecule has 0 aliphatic heterocycles. The summed E-state index contributed by atoms with van der Waals surface area (Å²) in [5.41, 5.74) is 0. The number of rotatable bonds is 5. The highest BCUT2D eigenvalue weighted by atomic mass is 16.5. The van der Waals surface area contributed by atoms with Gasteiger partial charge in [0, 0.05) is 0 Å². The zero-order valence-corrected chi connectivity index (χ0v) is 10.2. The molecule has 2 rings (SSSR count). The zero-order valence-electron chi connectivity index (χ0n) is 10.2. The van der Waals surface area contributed by atoms with E-state index < -0.39 is 5.97 Å². The number of benzene rings is 1. The predicted molar refractivity (Wildman–Crippen MR) is 66.4 cm³/mol. The van der Waals surface area contributed by atoms with Crippen molar-refractivity contribution in [2.45, 2.75) is 6.42 Å². The largest absolute Gasteiger partial charge is 0.497 e. The number of carboxylic acid groups (broad SMARTS) is 1. The number of hydrogen-bond acceptors (Lipinski definition) is 5. The van der Waals surface area contributed by atoms with Gasteiger partial charge in [0.25, 0.3) is 0 Å². The van der Waals surface area contributed by atoms with Gasteiger partial charge in [-0.25, -0.2) is 9.97 Å². The van der Waals surface area contributed by atoms with E-state index >= 15 is 0 Å². The number of aromatic nitrogens is 2. The number of methoxy groups -OCH3 is 1. The molecule has 0 atom stereocenters. The van der Waals surface area contributed by atoms with Gasteiger partial charge in [-0.15, -0.1) is 0 Å². The Balaban J connectivity index is 2.04. The second-order valence-electron chi connectivity index (χ2n) is 3.68. The summed E-state index contributed by atoms with van der Waals surface area (Å²) in [6, 6.07) is 7.05. The van der Waals surface area contributed by atoms with Gasteiger partial charge >= 0.3 is 5.97 Å². The first kappa shape index (κ1) is 12.8. The first-order valence-electron chi connectivity index (χ1n) is 5.52. The molecule has 6 heteroatoms. The summed E-state index contributed by atoms with van der Waals surface area (Å²) in [6.45, 7) is 0. The third-order valence-corrected chi connectivity index (χ3v) is 2.29. The van der Waals surface area contributed by atoms with Crippen molar-refractivity contribution in [2.24, 2.45) is 0 Å². The standard InChI is InChI=1S/C13H12N2O4/c1-18-9-2-4-10(5-3-9)19-11-7-14-12(15-8-11)6-13(16)17/h2-5,7-8H,6H2,1H3,(H,16,17). The zero-order chi connectivity index (χ0) is 13.7. The van der Waals surface area contributed by atoms with Crippen LogP contribution in [0.25, 0.3) is 0 Å². The van der Waals surface area contributed by atoms with Crippen LogP contribution in [0.3, 0.4) is 0 Å². The molecule has 0 unspecified atom stereocenters. The molecule has 19 heavy (non-hydrogen) atoms. The van der Waals surface area contributed by atoms with Crippen molar-refractivity contribution in [3.05, 3.63) is 42.5 Å². The summed E-state index contributed by atoms with van der Waals surface area (Å²) < 4.78 is 10.5. The average molecular weight is 260 g/mol. The lowest BCUT2D eigenvalue weighted by Gasteiger charge is -2.06. The number of nitrogens with zero attached hydrogens (tertiary/aromatic N) is 2. The van der Waals surface area contributed by atoms with E-state index in [4.69, 9.17) is 14.6 Å². The van der Waals surface area contributed by atoms with Crippen LogP contribution in [0.5, 0.6) is 17.2 Å². The molecule has 0 aliphatic carbocycles. The van der Waals surface area contributed by atoms with Gasteiger partial charge in [0.2, 0.25) is 0 Å². The van der Waals surface area contributed by atoms with Crippen molar-refractivity contribution in [1.82, 2.24) is 9.97 Å². The van der Waals surface area contributed by atoms with Crippen LogP contribution in [0.15, 0.2) is 36.7 Å². The maximum absolute atomic E-state index is 10.5. The van der Waals surface area contributed by atoms with E-state index in [2.05, 4.69) is 9.97 Å². The molecule has 0 spiro atoms. The fourth-order valence-corrected chi connectivity index (χ4v) is 1.40. The summed E-state index contributed by atoms with van der Waals surface area (Å²) in [4.78, 5) is 18.3. The Morgan fingerprint density at radius 1 is 1.11 bits per heavy atom. The third-order valence-electron chi connectivity index (χ3n) is 2.29. The van der Waals surface area contributed by atoms with Crippen LogP contribution in [0.1, 0.15) is 5.82 Å². The van der Waals surface area contributed by atoms with Crippen LogP contribution in [-0.2, 0) is 11.2 Å². The molecule has 0 saturated heterocycles. The Morgan fingerprint density at radius 3 is 2.21 bits per heavy atom. The number of carboxylic acids is 1. The molecule has 2 aromatic rings. The van der Waals surface area contributed by atoms with E-state index in [0.29, 0.717) is 11.5 Å². The molecule has 1 aromatic heterocycles. The van der Waals surface area contributed by atoms with E-state index in [-0.39, 0.29) is 12.2 Å². The monoisotopic (exact) mass is 260 g/mol. The molecule has 98 valence electrons. The molecule has 1 N–H and O–H groups in total. The maximum atomic E-state index is 10.5. The number of aliphatic carboxylic acids is 1. The second kappa shape index (κ2) is 5.81. The molecule has 1 aromatic carbocycles. The average Bonchev–Trinajstić information content (AvgIpc) is 2.41. The smallest absolute Gasteiger partial charge is 0.311 e. The minimum Gasteiger partial charge on any atom is -0.497 e. The van der Waals surface area contributed by atoms with Crippen molar-refractivity contribution in [3.63, 3.8) is 0 Å². The van der Waals surface area contributed by atoms with Crippen LogP contribution < -0.4 is 9.47 Å². The minimum absolute atomic E-state index is 0.206.